The van der Waals surface area contributed by atoms with Crippen LogP contribution in [0.5, 0.6) is 0 Å². The van der Waals surface area contributed by atoms with Crippen molar-refractivity contribution in [2.45, 2.75) is 51.7 Å². The molecule has 0 fully saturated rings. The van der Waals surface area contributed by atoms with Crippen molar-refractivity contribution in [3.63, 3.8) is 0 Å². The van der Waals surface area contributed by atoms with Gasteiger partial charge in [-0.3, -0.25) is 4.90 Å². The number of unbranched alkanes of at least 4 members (excludes halogenated alkanes) is 2. The Bertz CT molecular complexity index is 547. The number of aliphatic hydroxyl groups excluding tert-OH is 1. The molecular weight excluding hydrogens is 294 g/mol. The maximum absolute atomic E-state index is 11.2. The normalized spacial score (nSPS) is 13.8. The summed E-state index contributed by atoms with van der Waals surface area (Å²) in [5.74, 6) is 0. The number of nitrogens with zero attached hydrogens (tertiary/aromatic N) is 1. The predicted molar refractivity (Wildman–Crippen MR) is 102 cm³/mol. The van der Waals surface area contributed by atoms with Crippen LogP contribution in [0.1, 0.15) is 62.8 Å². The van der Waals surface area contributed by atoms with Crippen molar-refractivity contribution in [1.82, 2.24) is 4.90 Å². The SMILES string of the molecule is CCCCN(CCCC)C(c1ccccc1)C(O)c1ccccc1. The van der Waals surface area contributed by atoms with Crippen LogP contribution in [0, 0.1) is 0 Å². The first kappa shape index (κ1) is 18.7. The number of hydrogen-bond acceptors (Lipinski definition) is 2. The summed E-state index contributed by atoms with van der Waals surface area (Å²) in [5.41, 5.74) is 2.19. The first-order chi connectivity index (χ1) is 11.8. The van der Waals surface area contributed by atoms with Crippen LogP contribution in [0.25, 0.3) is 0 Å². The van der Waals surface area contributed by atoms with Crippen molar-refractivity contribution in [3.8, 4) is 0 Å². The Morgan fingerprint density at radius 3 is 1.67 bits per heavy atom. The lowest BCUT2D eigenvalue weighted by Gasteiger charge is -2.35. The third-order valence-electron chi connectivity index (χ3n) is 4.57. The lowest BCUT2D eigenvalue weighted by molar-refractivity contribution is 0.0450. The van der Waals surface area contributed by atoms with Crippen LogP contribution in [-0.2, 0) is 0 Å². The zero-order valence-corrected chi connectivity index (χ0v) is 15.1. The van der Waals surface area contributed by atoms with E-state index < -0.39 is 6.10 Å². The summed E-state index contributed by atoms with van der Waals surface area (Å²) in [4.78, 5) is 2.47. The molecule has 2 unspecified atom stereocenters. The van der Waals surface area contributed by atoms with Gasteiger partial charge in [-0.15, -0.1) is 0 Å². The molecule has 0 aromatic heterocycles. The van der Waals surface area contributed by atoms with Crippen LogP contribution in [0.15, 0.2) is 60.7 Å². The second kappa shape index (κ2) is 10.3. The summed E-state index contributed by atoms with van der Waals surface area (Å²) in [7, 11) is 0. The predicted octanol–water partition coefficient (Wildman–Crippen LogP) is 5.36. The fourth-order valence-electron chi connectivity index (χ4n) is 3.19. The molecule has 2 rings (SSSR count). The molecule has 0 aliphatic heterocycles. The average molecular weight is 325 g/mol. The molecule has 2 nitrogen and oxygen atoms in total. The minimum Gasteiger partial charge on any atom is -0.386 e. The Morgan fingerprint density at radius 2 is 1.21 bits per heavy atom. The lowest BCUT2D eigenvalue weighted by atomic mass is 9.93. The standard InChI is InChI=1S/C22H31NO/c1-3-5-17-23(18-6-4-2)21(19-13-9-7-10-14-19)22(24)20-15-11-8-12-16-20/h7-16,21-22,24H,3-6,17-18H2,1-2H3. The van der Waals surface area contributed by atoms with Crippen LogP contribution in [0.2, 0.25) is 0 Å². The van der Waals surface area contributed by atoms with Gasteiger partial charge in [0.05, 0.1) is 12.1 Å². The second-order valence-corrected chi connectivity index (χ2v) is 6.45. The van der Waals surface area contributed by atoms with Crippen LogP contribution in [-0.4, -0.2) is 23.1 Å². The number of rotatable bonds is 10. The lowest BCUT2D eigenvalue weighted by Crippen LogP contribution is -2.34. The zero-order valence-electron chi connectivity index (χ0n) is 15.1. The van der Waals surface area contributed by atoms with Gasteiger partial charge in [-0.1, -0.05) is 87.4 Å². The fourth-order valence-corrected chi connectivity index (χ4v) is 3.19. The molecule has 0 aliphatic rings. The topological polar surface area (TPSA) is 23.5 Å². The Morgan fingerprint density at radius 1 is 0.750 bits per heavy atom. The second-order valence-electron chi connectivity index (χ2n) is 6.45. The molecule has 24 heavy (non-hydrogen) atoms. The van der Waals surface area contributed by atoms with E-state index in [1.807, 2.05) is 36.4 Å². The van der Waals surface area contributed by atoms with E-state index in [-0.39, 0.29) is 6.04 Å². The van der Waals surface area contributed by atoms with Gasteiger partial charge in [-0.25, -0.2) is 0 Å². The van der Waals surface area contributed by atoms with Gasteiger partial charge in [0.15, 0.2) is 0 Å². The van der Waals surface area contributed by atoms with Gasteiger partial charge in [0.1, 0.15) is 0 Å². The quantitative estimate of drug-likeness (QED) is 0.635. The first-order valence-electron chi connectivity index (χ1n) is 9.30. The molecule has 0 aliphatic carbocycles. The molecule has 0 saturated heterocycles. The fraction of sp³-hybridized carbons (Fsp3) is 0.455. The molecule has 1 N–H and O–H groups in total. The summed E-state index contributed by atoms with van der Waals surface area (Å²) in [5, 5.41) is 11.2. The Labute approximate surface area is 147 Å². The summed E-state index contributed by atoms with van der Waals surface area (Å²) < 4.78 is 0. The summed E-state index contributed by atoms with van der Waals surface area (Å²) in [6.07, 6.45) is 4.16. The van der Waals surface area contributed by atoms with Gasteiger partial charge < -0.3 is 5.11 Å². The monoisotopic (exact) mass is 325 g/mol. The highest BCUT2D eigenvalue weighted by molar-refractivity contribution is 5.26. The van der Waals surface area contributed by atoms with E-state index in [2.05, 4.69) is 43.0 Å². The highest BCUT2D eigenvalue weighted by Crippen LogP contribution is 2.34. The summed E-state index contributed by atoms with van der Waals surface area (Å²) in [6, 6.07) is 20.5. The summed E-state index contributed by atoms with van der Waals surface area (Å²) in [6.45, 7) is 6.51. The van der Waals surface area contributed by atoms with Gasteiger partial charge in [0.25, 0.3) is 0 Å². The minimum absolute atomic E-state index is 0.00620. The Kier molecular flexibility index (Phi) is 8.00. The molecule has 0 heterocycles. The smallest absolute Gasteiger partial charge is 0.0986 e. The molecule has 0 radical (unpaired) electrons. The van der Waals surface area contributed by atoms with Crippen LogP contribution < -0.4 is 0 Å². The summed E-state index contributed by atoms with van der Waals surface area (Å²) >= 11 is 0. The molecule has 130 valence electrons. The van der Waals surface area contributed by atoms with Crippen molar-refractivity contribution >= 4 is 0 Å². The van der Waals surface area contributed by atoms with Crippen molar-refractivity contribution in [3.05, 3.63) is 71.8 Å². The van der Waals surface area contributed by atoms with Crippen LogP contribution >= 0.6 is 0 Å². The van der Waals surface area contributed by atoms with E-state index >= 15 is 0 Å². The molecule has 0 amide bonds. The highest BCUT2D eigenvalue weighted by atomic mass is 16.3. The van der Waals surface area contributed by atoms with Crippen molar-refractivity contribution < 1.29 is 5.11 Å². The van der Waals surface area contributed by atoms with E-state index in [0.717, 1.165) is 31.5 Å². The zero-order chi connectivity index (χ0) is 17.2. The molecule has 0 bridgehead atoms. The maximum atomic E-state index is 11.2. The number of benzene rings is 2. The Balaban J connectivity index is 2.32. The first-order valence-corrected chi connectivity index (χ1v) is 9.30. The van der Waals surface area contributed by atoms with E-state index in [1.165, 1.54) is 18.4 Å². The molecule has 2 atom stereocenters. The van der Waals surface area contributed by atoms with Crippen LogP contribution in [0.4, 0.5) is 0 Å². The van der Waals surface area contributed by atoms with Gasteiger partial charge in [0.2, 0.25) is 0 Å². The third-order valence-corrected chi connectivity index (χ3v) is 4.57. The Hall–Kier alpha value is -1.64. The van der Waals surface area contributed by atoms with E-state index in [9.17, 15) is 5.11 Å². The highest BCUT2D eigenvalue weighted by Gasteiger charge is 2.28. The number of hydrogen-bond donors (Lipinski definition) is 1. The molecule has 0 saturated carbocycles. The van der Waals surface area contributed by atoms with Gasteiger partial charge >= 0.3 is 0 Å². The van der Waals surface area contributed by atoms with E-state index in [0.29, 0.717) is 0 Å². The molecule has 0 spiro atoms. The average Bonchev–Trinajstić information content (AvgIpc) is 2.65. The molecular formula is C22H31NO. The third kappa shape index (κ3) is 5.19. The van der Waals surface area contributed by atoms with E-state index in [1.54, 1.807) is 0 Å². The molecule has 2 aromatic carbocycles. The van der Waals surface area contributed by atoms with Crippen molar-refractivity contribution in [1.29, 1.82) is 0 Å². The van der Waals surface area contributed by atoms with Gasteiger partial charge in [-0.05, 0) is 37.1 Å². The maximum Gasteiger partial charge on any atom is 0.0986 e. The van der Waals surface area contributed by atoms with Crippen LogP contribution in [0.3, 0.4) is 0 Å². The molecule has 2 heteroatoms. The van der Waals surface area contributed by atoms with Gasteiger partial charge in [-0.2, -0.15) is 0 Å². The molecule has 2 aromatic rings. The van der Waals surface area contributed by atoms with Crippen molar-refractivity contribution in [2.24, 2.45) is 0 Å². The minimum atomic E-state index is -0.512. The van der Waals surface area contributed by atoms with Crippen molar-refractivity contribution in [2.75, 3.05) is 13.1 Å². The number of aliphatic hydroxyl groups is 1. The van der Waals surface area contributed by atoms with E-state index in [4.69, 9.17) is 0 Å². The largest absolute Gasteiger partial charge is 0.386 e. The van der Waals surface area contributed by atoms with Gasteiger partial charge in [0, 0.05) is 0 Å².